The van der Waals surface area contributed by atoms with Crippen molar-refractivity contribution in [3.8, 4) is 0 Å². The van der Waals surface area contributed by atoms with Crippen molar-refractivity contribution in [1.29, 1.82) is 0 Å². The van der Waals surface area contributed by atoms with Crippen molar-refractivity contribution < 1.29 is 19.7 Å². The second-order valence-electron chi connectivity index (χ2n) is 2.67. The number of rotatable bonds is 3. The van der Waals surface area contributed by atoms with Crippen molar-refractivity contribution in [3.63, 3.8) is 0 Å². The van der Waals surface area contributed by atoms with Gasteiger partial charge < -0.3 is 19.7 Å². The Kier molecular flexibility index (Phi) is 3.26. The van der Waals surface area contributed by atoms with Crippen LogP contribution in [0.1, 0.15) is 12.8 Å². The van der Waals surface area contributed by atoms with Crippen molar-refractivity contribution in [2.75, 3.05) is 13.7 Å². The summed E-state index contributed by atoms with van der Waals surface area (Å²) in [4.78, 5) is 0. The quantitative estimate of drug-likeness (QED) is 0.587. The number of hydrogen-bond donors (Lipinski definition) is 2. The lowest BCUT2D eigenvalue weighted by Crippen LogP contribution is -2.29. The minimum Gasteiger partial charge on any atom is -0.394 e. The molecule has 1 fully saturated rings. The molecule has 1 saturated heterocycles. The molecule has 3 atom stereocenters. The van der Waals surface area contributed by atoms with Crippen LogP contribution >= 0.6 is 0 Å². The topological polar surface area (TPSA) is 58.9 Å². The highest BCUT2D eigenvalue weighted by molar-refractivity contribution is 4.74. The molecular weight excluding hydrogens is 148 g/mol. The maximum atomic E-state index is 9.14. The molecule has 4 heteroatoms. The van der Waals surface area contributed by atoms with Crippen molar-refractivity contribution in [2.45, 2.75) is 31.3 Å². The maximum Gasteiger partial charge on any atom is 0.157 e. The van der Waals surface area contributed by atoms with E-state index in [1.165, 1.54) is 0 Å². The molecule has 11 heavy (non-hydrogen) atoms. The third kappa shape index (κ3) is 2.13. The molecule has 3 unspecified atom stereocenters. The van der Waals surface area contributed by atoms with Crippen LogP contribution < -0.4 is 0 Å². The van der Waals surface area contributed by atoms with Gasteiger partial charge in [-0.15, -0.1) is 0 Å². The van der Waals surface area contributed by atoms with E-state index in [0.717, 1.165) is 12.8 Å². The number of methoxy groups -OCH3 is 1. The van der Waals surface area contributed by atoms with Gasteiger partial charge in [0, 0.05) is 13.5 Å². The minimum atomic E-state index is -0.768. The molecule has 2 N–H and O–H groups in total. The van der Waals surface area contributed by atoms with Gasteiger partial charge in [-0.25, -0.2) is 0 Å². The maximum absolute atomic E-state index is 9.14. The molecule has 66 valence electrons. The van der Waals surface area contributed by atoms with Crippen LogP contribution in [-0.2, 0) is 9.47 Å². The zero-order valence-electron chi connectivity index (χ0n) is 6.56. The van der Waals surface area contributed by atoms with Crippen molar-refractivity contribution in [2.24, 2.45) is 0 Å². The van der Waals surface area contributed by atoms with E-state index in [9.17, 15) is 0 Å². The SMILES string of the molecule is COC1CCC(C(O)CO)O1. The smallest absolute Gasteiger partial charge is 0.157 e. The average Bonchev–Trinajstić information content (AvgIpc) is 2.50. The minimum absolute atomic E-state index is 0.207. The summed E-state index contributed by atoms with van der Waals surface area (Å²) in [6, 6.07) is 0. The van der Waals surface area contributed by atoms with E-state index in [0.29, 0.717) is 0 Å². The summed E-state index contributed by atoms with van der Waals surface area (Å²) < 4.78 is 10.2. The Morgan fingerprint density at radius 2 is 2.36 bits per heavy atom. The lowest BCUT2D eigenvalue weighted by molar-refractivity contribution is -0.143. The van der Waals surface area contributed by atoms with Crippen LogP contribution in [0.4, 0.5) is 0 Å². The van der Waals surface area contributed by atoms with E-state index in [2.05, 4.69) is 0 Å². The van der Waals surface area contributed by atoms with Crippen LogP contribution in [0.15, 0.2) is 0 Å². The predicted molar refractivity (Wildman–Crippen MR) is 38.0 cm³/mol. The molecule has 0 amide bonds. The molecule has 1 aliphatic heterocycles. The molecule has 1 rings (SSSR count). The highest BCUT2D eigenvalue weighted by Crippen LogP contribution is 2.22. The summed E-state index contributed by atoms with van der Waals surface area (Å²) in [5.74, 6) is 0. The van der Waals surface area contributed by atoms with Gasteiger partial charge in [0.25, 0.3) is 0 Å². The van der Waals surface area contributed by atoms with Gasteiger partial charge >= 0.3 is 0 Å². The van der Waals surface area contributed by atoms with E-state index in [-0.39, 0.29) is 19.0 Å². The van der Waals surface area contributed by atoms with Crippen LogP contribution in [0, 0.1) is 0 Å². The third-order valence-electron chi connectivity index (χ3n) is 1.89. The van der Waals surface area contributed by atoms with E-state index in [1.54, 1.807) is 7.11 Å². The summed E-state index contributed by atoms with van der Waals surface area (Å²) in [6.45, 7) is -0.249. The van der Waals surface area contributed by atoms with Crippen LogP contribution in [-0.4, -0.2) is 42.4 Å². The molecule has 0 bridgehead atoms. The zero-order chi connectivity index (χ0) is 8.27. The molecule has 0 saturated carbocycles. The number of aliphatic hydroxyl groups is 2. The fraction of sp³-hybridized carbons (Fsp3) is 1.00. The Balaban J connectivity index is 2.29. The lowest BCUT2D eigenvalue weighted by atomic mass is 10.1. The van der Waals surface area contributed by atoms with Crippen molar-refractivity contribution >= 4 is 0 Å². The van der Waals surface area contributed by atoms with Crippen LogP contribution in [0.3, 0.4) is 0 Å². The Morgan fingerprint density at radius 1 is 1.64 bits per heavy atom. The average molecular weight is 162 g/mol. The number of aliphatic hydroxyl groups excluding tert-OH is 2. The molecule has 0 aromatic carbocycles. The first-order chi connectivity index (χ1) is 5.27. The molecule has 1 aliphatic rings. The molecule has 0 aliphatic carbocycles. The van der Waals surface area contributed by atoms with Gasteiger partial charge in [-0.05, 0) is 6.42 Å². The van der Waals surface area contributed by atoms with E-state index < -0.39 is 6.10 Å². The molecule has 0 spiro atoms. The second kappa shape index (κ2) is 4.01. The van der Waals surface area contributed by atoms with Gasteiger partial charge in [-0.3, -0.25) is 0 Å². The zero-order valence-corrected chi connectivity index (χ0v) is 6.56. The fourth-order valence-electron chi connectivity index (χ4n) is 1.21. The number of hydrogen-bond acceptors (Lipinski definition) is 4. The van der Waals surface area contributed by atoms with Gasteiger partial charge in [-0.1, -0.05) is 0 Å². The fourth-order valence-corrected chi connectivity index (χ4v) is 1.21. The second-order valence-corrected chi connectivity index (χ2v) is 2.67. The third-order valence-corrected chi connectivity index (χ3v) is 1.89. The molecule has 0 aromatic rings. The predicted octanol–water partition coefficient (Wildman–Crippen LogP) is -0.509. The first-order valence-corrected chi connectivity index (χ1v) is 3.75. The molecule has 4 nitrogen and oxygen atoms in total. The summed E-state index contributed by atoms with van der Waals surface area (Å²) >= 11 is 0. The lowest BCUT2D eigenvalue weighted by Gasteiger charge is -2.16. The Bertz CT molecular complexity index is 117. The molecule has 0 aromatic heterocycles. The van der Waals surface area contributed by atoms with Gasteiger partial charge in [0.2, 0.25) is 0 Å². The molecule has 0 radical (unpaired) electrons. The normalized spacial score (nSPS) is 34.1. The van der Waals surface area contributed by atoms with Crippen LogP contribution in [0.2, 0.25) is 0 Å². The molecular formula is C7H14O4. The van der Waals surface area contributed by atoms with Crippen LogP contribution in [0.25, 0.3) is 0 Å². The summed E-state index contributed by atoms with van der Waals surface area (Å²) in [5, 5.41) is 17.7. The van der Waals surface area contributed by atoms with Gasteiger partial charge in [0.05, 0.1) is 12.7 Å². The monoisotopic (exact) mass is 162 g/mol. The Labute approximate surface area is 65.7 Å². The standard InChI is InChI=1S/C7H14O4/c1-10-7-3-2-6(11-7)5(9)4-8/h5-9H,2-4H2,1H3. The first-order valence-electron chi connectivity index (χ1n) is 3.75. The van der Waals surface area contributed by atoms with Crippen LogP contribution in [0.5, 0.6) is 0 Å². The number of ether oxygens (including phenoxy) is 2. The summed E-state index contributed by atoms with van der Waals surface area (Å²) in [5.41, 5.74) is 0. The largest absolute Gasteiger partial charge is 0.394 e. The van der Waals surface area contributed by atoms with E-state index >= 15 is 0 Å². The highest BCUT2D eigenvalue weighted by atomic mass is 16.7. The molecule has 1 heterocycles. The Morgan fingerprint density at radius 3 is 2.82 bits per heavy atom. The van der Waals surface area contributed by atoms with E-state index in [4.69, 9.17) is 19.7 Å². The summed E-state index contributed by atoms with van der Waals surface area (Å²) in [7, 11) is 1.57. The van der Waals surface area contributed by atoms with Gasteiger partial charge in [0.15, 0.2) is 6.29 Å². The van der Waals surface area contributed by atoms with Gasteiger partial charge in [0.1, 0.15) is 6.10 Å². The van der Waals surface area contributed by atoms with Gasteiger partial charge in [-0.2, -0.15) is 0 Å². The van der Waals surface area contributed by atoms with E-state index in [1.807, 2.05) is 0 Å². The first kappa shape index (κ1) is 8.93. The van der Waals surface area contributed by atoms with Crippen molar-refractivity contribution in [1.82, 2.24) is 0 Å². The Hall–Kier alpha value is -0.160. The van der Waals surface area contributed by atoms with Crippen molar-refractivity contribution in [3.05, 3.63) is 0 Å². The highest BCUT2D eigenvalue weighted by Gasteiger charge is 2.29. The summed E-state index contributed by atoms with van der Waals surface area (Å²) in [6.07, 6.45) is 0.305.